The Morgan fingerprint density at radius 1 is 1.33 bits per heavy atom. The summed E-state index contributed by atoms with van der Waals surface area (Å²) in [7, 11) is 0. The van der Waals surface area contributed by atoms with Crippen LogP contribution in [0.2, 0.25) is 5.02 Å². The smallest absolute Gasteiger partial charge is 0.157 e. The number of rotatable bonds is 3. The minimum atomic E-state index is 0.645. The first-order valence-corrected chi connectivity index (χ1v) is 5.11. The van der Waals surface area contributed by atoms with Crippen molar-refractivity contribution in [3.8, 4) is 11.4 Å². The summed E-state index contributed by atoms with van der Waals surface area (Å²) in [6, 6.07) is 7.48. The van der Waals surface area contributed by atoms with E-state index in [-0.39, 0.29) is 0 Å². The molecule has 0 aliphatic carbocycles. The van der Waals surface area contributed by atoms with Gasteiger partial charge in [-0.2, -0.15) is 5.10 Å². The van der Waals surface area contributed by atoms with Crippen molar-refractivity contribution >= 4 is 11.6 Å². The second-order valence-corrected chi connectivity index (χ2v) is 3.47. The fourth-order valence-electron chi connectivity index (χ4n) is 1.28. The quantitative estimate of drug-likeness (QED) is 0.799. The predicted octanol–water partition coefficient (Wildman–Crippen LogP) is 2.92. The lowest BCUT2D eigenvalue weighted by atomic mass is 10.3. The van der Waals surface area contributed by atoms with Gasteiger partial charge in [0.15, 0.2) is 5.75 Å². The number of nitrogens with zero attached hydrogens (tertiary/aromatic N) is 2. The van der Waals surface area contributed by atoms with Crippen LogP contribution in [0.15, 0.2) is 36.7 Å². The lowest BCUT2D eigenvalue weighted by molar-refractivity contribution is 0.340. The molecule has 3 nitrogen and oxygen atoms in total. The first-order valence-electron chi connectivity index (χ1n) is 4.73. The van der Waals surface area contributed by atoms with Crippen molar-refractivity contribution in [2.75, 3.05) is 6.61 Å². The highest BCUT2D eigenvalue weighted by atomic mass is 35.5. The van der Waals surface area contributed by atoms with Crippen LogP contribution in [0.3, 0.4) is 0 Å². The molecule has 1 heterocycles. The number of benzene rings is 1. The van der Waals surface area contributed by atoms with E-state index >= 15 is 0 Å². The van der Waals surface area contributed by atoms with Gasteiger partial charge in [-0.15, -0.1) is 0 Å². The normalized spacial score (nSPS) is 10.3. The van der Waals surface area contributed by atoms with Crippen LogP contribution in [0, 0.1) is 0 Å². The second kappa shape index (κ2) is 4.36. The van der Waals surface area contributed by atoms with E-state index in [1.807, 2.05) is 37.4 Å². The van der Waals surface area contributed by atoms with Gasteiger partial charge in [-0.05, 0) is 31.2 Å². The third-order valence-corrected chi connectivity index (χ3v) is 2.21. The zero-order valence-corrected chi connectivity index (χ0v) is 9.11. The van der Waals surface area contributed by atoms with Crippen molar-refractivity contribution in [2.24, 2.45) is 0 Å². The van der Waals surface area contributed by atoms with E-state index in [9.17, 15) is 0 Å². The van der Waals surface area contributed by atoms with E-state index in [0.717, 1.165) is 16.5 Å². The van der Waals surface area contributed by atoms with Gasteiger partial charge in [0.05, 0.1) is 24.7 Å². The van der Waals surface area contributed by atoms with Crippen molar-refractivity contribution < 1.29 is 4.74 Å². The minimum absolute atomic E-state index is 0.645. The molecule has 0 saturated carbocycles. The van der Waals surface area contributed by atoms with E-state index in [4.69, 9.17) is 16.3 Å². The van der Waals surface area contributed by atoms with E-state index < -0.39 is 0 Å². The van der Waals surface area contributed by atoms with Crippen molar-refractivity contribution in [3.63, 3.8) is 0 Å². The number of hydrogen-bond acceptors (Lipinski definition) is 2. The van der Waals surface area contributed by atoms with Crippen LogP contribution in [0.4, 0.5) is 0 Å². The summed E-state index contributed by atoms with van der Waals surface area (Å²) in [5, 5.41) is 4.90. The first kappa shape index (κ1) is 10.1. The number of halogens is 1. The first-order chi connectivity index (χ1) is 7.29. The molecule has 0 spiro atoms. The van der Waals surface area contributed by atoms with E-state index in [1.54, 1.807) is 10.9 Å². The van der Waals surface area contributed by atoms with Gasteiger partial charge >= 0.3 is 0 Å². The lowest BCUT2D eigenvalue weighted by Gasteiger charge is -2.00. The Kier molecular flexibility index (Phi) is 2.92. The fraction of sp³-hybridized carbons (Fsp3) is 0.182. The molecule has 1 aromatic heterocycles. The topological polar surface area (TPSA) is 27.1 Å². The van der Waals surface area contributed by atoms with Gasteiger partial charge in [-0.1, -0.05) is 11.6 Å². The summed E-state index contributed by atoms with van der Waals surface area (Å²) >= 11 is 5.80. The van der Waals surface area contributed by atoms with Gasteiger partial charge < -0.3 is 4.74 Å². The summed E-state index contributed by atoms with van der Waals surface area (Å²) in [4.78, 5) is 0. The molecule has 0 bridgehead atoms. The maximum absolute atomic E-state index is 5.80. The minimum Gasteiger partial charge on any atom is -0.491 e. The van der Waals surface area contributed by atoms with Gasteiger partial charge in [-0.3, -0.25) is 0 Å². The Morgan fingerprint density at radius 2 is 2.07 bits per heavy atom. The van der Waals surface area contributed by atoms with Gasteiger partial charge in [-0.25, -0.2) is 4.68 Å². The Morgan fingerprint density at radius 3 is 2.73 bits per heavy atom. The molecule has 0 aliphatic heterocycles. The van der Waals surface area contributed by atoms with E-state index in [0.29, 0.717) is 6.61 Å². The van der Waals surface area contributed by atoms with Crippen LogP contribution >= 0.6 is 11.6 Å². The monoisotopic (exact) mass is 222 g/mol. The lowest BCUT2D eigenvalue weighted by Crippen LogP contribution is -1.93. The largest absolute Gasteiger partial charge is 0.491 e. The molecule has 0 N–H and O–H groups in total. The maximum Gasteiger partial charge on any atom is 0.157 e. The standard InChI is InChI=1S/C11H11ClN2O/c1-2-15-11-7-13-14(8-11)10-5-3-9(12)4-6-10/h3-8H,2H2,1H3. The fourth-order valence-corrected chi connectivity index (χ4v) is 1.41. The highest BCUT2D eigenvalue weighted by molar-refractivity contribution is 6.30. The summed E-state index contributed by atoms with van der Waals surface area (Å²) in [6.45, 7) is 2.59. The summed E-state index contributed by atoms with van der Waals surface area (Å²) in [5.41, 5.74) is 0.963. The molecule has 1 aromatic carbocycles. The molecule has 0 fully saturated rings. The highest BCUT2D eigenvalue weighted by Crippen LogP contribution is 2.15. The van der Waals surface area contributed by atoms with E-state index in [1.165, 1.54) is 0 Å². The van der Waals surface area contributed by atoms with Crippen molar-refractivity contribution in [1.29, 1.82) is 0 Å². The zero-order valence-electron chi connectivity index (χ0n) is 8.35. The van der Waals surface area contributed by atoms with Crippen LogP contribution in [-0.2, 0) is 0 Å². The Labute approximate surface area is 93.2 Å². The van der Waals surface area contributed by atoms with Gasteiger partial charge in [0.25, 0.3) is 0 Å². The maximum atomic E-state index is 5.80. The second-order valence-electron chi connectivity index (χ2n) is 3.03. The molecule has 0 atom stereocenters. The Balaban J connectivity index is 2.25. The third kappa shape index (κ3) is 2.30. The average molecular weight is 223 g/mol. The molecule has 0 aliphatic rings. The van der Waals surface area contributed by atoms with Gasteiger partial charge in [0, 0.05) is 5.02 Å². The highest BCUT2D eigenvalue weighted by Gasteiger charge is 2.00. The molecule has 0 radical (unpaired) electrons. The molecule has 2 rings (SSSR count). The van der Waals surface area contributed by atoms with Crippen LogP contribution in [0.5, 0.6) is 5.75 Å². The molecule has 2 aromatic rings. The zero-order chi connectivity index (χ0) is 10.7. The van der Waals surface area contributed by atoms with Crippen molar-refractivity contribution in [2.45, 2.75) is 6.92 Å². The van der Waals surface area contributed by atoms with Crippen LogP contribution in [0.25, 0.3) is 5.69 Å². The number of aromatic nitrogens is 2. The average Bonchev–Trinajstić information content (AvgIpc) is 2.68. The summed E-state index contributed by atoms with van der Waals surface area (Å²) in [6.07, 6.45) is 3.53. The van der Waals surface area contributed by atoms with Crippen LogP contribution < -0.4 is 4.74 Å². The molecule has 78 valence electrons. The van der Waals surface area contributed by atoms with Gasteiger partial charge in [0.1, 0.15) is 0 Å². The van der Waals surface area contributed by atoms with Gasteiger partial charge in [0.2, 0.25) is 0 Å². The molecule has 15 heavy (non-hydrogen) atoms. The predicted molar refractivity (Wildman–Crippen MR) is 59.7 cm³/mol. The van der Waals surface area contributed by atoms with Crippen LogP contribution in [0.1, 0.15) is 6.92 Å². The number of hydrogen-bond donors (Lipinski definition) is 0. The molecular formula is C11H11ClN2O. The summed E-state index contributed by atoms with van der Waals surface area (Å²) in [5.74, 6) is 0.771. The molecule has 4 heteroatoms. The Hall–Kier alpha value is -1.48. The molecule has 0 saturated heterocycles. The Bertz CT molecular complexity index is 436. The molecular weight excluding hydrogens is 212 g/mol. The number of ether oxygens (including phenoxy) is 1. The van der Waals surface area contributed by atoms with E-state index in [2.05, 4.69) is 5.10 Å². The molecule has 0 unspecified atom stereocenters. The van der Waals surface area contributed by atoms with Crippen molar-refractivity contribution in [1.82, 2.24) is 9.78 Å². The third-order valence-electron chi connectivity index (χ3n) is 1.96. The van der Waals surface area contributed by atoms with Crippen molar-refractivity contribution in [3.05, 3.63) is 41.7 Å². The SMILES string of the molecule is CCOc1cnn(-c2ccc(Cl)cc2)c1. The van der Waals surface area contributed by atoms with Crippen LogP contribution in [-0.4, -0.2) is 16.4 Å². The summed E-state index contributed by atoms with van der Waals surface area (Å²) < 4.78 is 7.07. The molecule has 0 amide bonds.